The van der Waals surface area contributed by atoms with Crippen LogP contribution in [0.1, 0.15) is 49.5 Å². The number of amides is 2. The monoisotopic (exact) mass is 410 g/mol. The highest BCUT2D eigenvalue weighted by molar-refractivity contribution is 5.79. The summed E-state index contributed by atoms with van der Waals surface area (Å²) in [6, 6.07) is 8.08. The van der Waals surface area contributed by atoms with Crippen molar-refractivity contribution in [2.24, 2.45) is 11.8 Å². The molecule has 30 heavy (non-hydrogen) atoms. The lowest BCUT2D eigenvalue weighted by Crippen LogP contribution is -2.40. The summed E-state index contributed by atoms with van der Waals surface area (Å²) in [4.78, 5) is 31.7. The normalized spacial score (nSPS) is 25.6. The molecule has 7 nitrogen and oxygen atoms in total. The quantitative estimate of drug-likeness (QED) is 0.818. The van der Waals surface area contributed by atoms with Crippen LogP contribution in [-0.2, 0) is 21.4 Å². The molecule has 1 saturated heterocycles. The molecule has 2 heterocycles. The molecule has 2 aliphatic rings. The molecule has 1 aromatic heterocycles. The van der Waals surface area contributed by atoms with Gasteiger partial charge in [0.15, 0.2) is 5.82 Å². The van der Waals surface area contributed by atoms with Crippen molar-refractivity contribution in [2.45, 2.75) is 58.4 Å². The fraction of sp³-hybridized carbons (Fsp3) is 0.565. The third-order valence-electron chi connectivity index (χ3n) is 6.48. The van der Waals surface area contributed by atoms with E-state index in [0.717, 1.165) is 12.0 Å². The van der Waals surface area contributed by atoms with Crippen LogP contribution in [0.25, 0.3) is 0 Å². The summed E-state index contributed by atoms with van der Waals surface area (Å²) in [5.74, 6) is 1.52. The molecule has 1 aliphatic carbocycles. The minimum absolute atomic E-state index is 0.0239. The van der Waals surface area contributed by atoms with Crippen molar-refractivity contribution in [3.8, 4) is 0 Å². The summed E-state index contributed by atoms with van der Waals surface area (Å²) in [6.07, 6.45) is 1.88. The molecule has 4 rings (SSSR count). The van der Waals surface area contributed by atoms with E-state index in [9.17, 15) is 9.59 Å². The van der Waals surface area contributed by atoms with Gasteiger partial charge < -0.3 is 14.7 Å². The number of carbonyl (C=O) groups is 2. The number of likely N-dealkylation sites (tertiary alicyclic amines) is 1. The zero-order chi connectivity index (χ0) is 21.5. The zero-order valence-corrected chi connectivity index (χ0v) is 18.1. The number of nitrogens with zero attached hydrogens (tertiary/aromatic N) is 3. The molecule has 7 heteroatoms. The van der Waals surface area contributed by atoms with Gasteiger partial charge in [0, 0.05) is 25.0 Å². The van der Waals surface area contributed by atoms with Crippen molar-refractivity contribution in [1.29, 1.82) is 0 Å². The van der Waals surface area contributed by atoms with Crippen molar-refractivity contribution in [2.75, 3.05) is 13.1 Å². The molecule has 0 bridgehead atoms. The van der Waals surface area contributed by atoms with E-state index in [-0.39, 0.29) is 35.1 Å². The molecule has 1 saturated carbocycles. The van der Waals surface area contributed by atoms with Crippen LogP contribution < -0.4 is 5.32 Å². The lowest BCUT2D eigenvalue weighted by molar-refractivity contribution is -0.134. The van der Waals surface area contributed by atoms with Gasteiger partial charge in [0.2, 0.25) is 17.7 Å². The Labute approximate surface area is 177 Å². The van der Waals surface area contributed by atoms with E-state index < -0.39 is 0 Å². The minimum Gasteiger partial charge on any atom is -0.353 e. The van der Waals surface area contributed by atoms with Gasteiger partial charge in [-0.15, -0.1) is 0 Å². The largest absolute Gasteiger partial charge is 0.353 e. The lowest BCUT2D eigenvalue weighted by atomic mass is 9.80. The standard InChI is InChI=1S/C23H30N4O3/c1-14(2)21(29)27-12-18-10-19(11-23(18,13-27)22-24-16(4)26-30-22)25-20(28)9-17-7-5-15(3)6-8-17/h5-8,14,18-19H,9-13H2,1-4H3,(H,25,28)/t18-,19+,23-/m0/s1. The van der Waals surface area contributed by atoms with Gasteiger partial charge in [0.05, 0.1) is 11.8 Å². The number of rotatable bonds is 5. The van der Waals surface area contributed by atoms with Gasteiger partial charge in [-0.05, 0) is 38.2 Å². The maximum atomic E-state index is 12.7. The van der Waals surface area contributed by atoms with Crippen LogP contribution in [0.3, 0.4) is 0 Å². The molecule has 2 fully saturated rings. The van der Waals surface area contributed by atoms with Crippen LogP contribution in [0.5, 0.6) is 0 Å². The predicted octanol–water partition coefficient (Wildman–Crippen LogP) is 2.56. The number of aromatic nitrogens is 2. The second-order valence-corrected chi connectivity index (χ2v) is 9.24. The molecule has 1 aromatic carbocycles. The molecule has 1 N–H and O–H groups in total. The van der Waals surface area contributed by atoms with E-state index in [0.29, 0.717) is 37.6 Å². The maximum Gasteiger partial charge on any atom is 0.235 e. The van der Waals surface area contributed by atoms with E-state index in [1.807, 2.05) is 49.9 Å². The first-order valence-corrected chi connectivity index (χ1v) is 10.7. The average Bonchev–Trinajstić information content (AvgIpc) is 3.35. The van der Waals surface area contributed by atoms with Crippen molar-refractivity contribution < 1.29 is 14.1 Å². The Bertz CT molecular complexity index is 936. The molecule has 1 aliphatic heterocycles. The minimum atomic E-state index is -0.381. The van der Waals surface area contributed by atoms with Gasteiger partial charge >= 0.3 is 0 Å². The summed E-state index contributed by atoms with van der Waals surface area (Å²) in [7, 11) is 0. The fourth-order valence-corrected chi connectivity index (χ4v) is 5.01. The number of fused-ring (bicyclic) bond motifs is 1. The number of hydrogen-bond acceptors (Lipinski definition) is 5. The predicted molar refractivity (Wildman–Crippen MR) is 112 cm³/mol. The summed E-state index contributed by atoms with van der Waals surface area (Å²) in [6.45, 7) is 8.93. The van der Waals surface area contributed by atoms with Gasteiger partial charge in [0.25, 0.3) is 0 Å². The highest BCUT2D eigenvalue weighted by atomic mass is 16.5. The first kappa shape index (κ1) is 20.6. The number of nitrogens with one attached hydrogen (secondary N) is 1. The molecule has 2 aromatic rings. The molecule has 0 spiro atoms. The summed E-state index contributed by atoms with van der Waals surface area (Å²) in [5.41, 5.74) is 1.81. The van der Waals surface area contributed by atoms with E-state index in [1.165, 1.54) is 5.56 Å². The Morgan fingerprint density at radius 2 is 2.00 bits per heavy atom. The van der Waals surface area contributed by atoms with E-state index in [1.54, 1.807) is 6.92 Å². The third-order valence-corrected chi connectivity index (χ3v) is 6.48. The molecular formula is C23H30N4O3. The van der Waals surface area contributed by atoms with Crippen LogP contribution in [0.2, 0.25) is 0 Å². The Kier molecular flexibility index (Phi) is 5.38. The Morgan fingerprint density at radius 1 is 1.27 bits per heavy atom. The van der Waals surface area contributed by atoms with Crippen molar-refractivity contribution in [3.05, 3.63) is 47.1 Å². The van der Waals surface area contributed by atoms with Gasteiger partial charge in [-0.1, -0.05) is 48.8 Å². The molecule has 0 unspecified atom stereocenters. The second-order valence-electron chi connectivity index (χ2n) is 9.24. The van der Waals surface area contributed by atoms with Gasteiger partial charge in [0.1, 0.15) is 0 Å². The highest BCUT2D eigenvalue weighted by Gasteiger charge is 2.58. The first-order valence-electron chi connectivity index (χ1n) is 10.7. The Balaban J connectivity index is 1.48. The SMILES string of the molecule is Cc1ccc(CC(=O)N[C@@H]2C[C@H]3CN(C(=O)C(C)C)C[C@@]3(c3nc(C)no3)C2)cc1. The van der Waals surface area contributed by atoms with Gasteiger partial charge in [-0.25, -0.2) is 0 Å². The van der Waals surface area contributed by atoms with E-state index in [4.69, 9.17) is 4.52 Å². The molecule has 0 radical (unpaired) electrons. The molecule has 160 valence electrons. The van der Waals surface area contributed by atoms with Crippen LogP contribution >= 0.6 is 0 Å². The number of carbonyl (C=O) groups excluding carboxylic acids is 2. The Hall–Kier alpha value is -2.70. The van der Waals surface area contributed by atoms with Crippen molar-refractivity contribution in [3.63, 3.8) is 0 Å². The summed E-state index contributed by atoms with van der Waals surface area (Å²) >= 11 is 0. The third kappa shape index (κ3) is 3.85. The number of aryl methyl sites for hydroxylation is 2. The topological polar surface area (TPSA) is 88.3 Å². The first-order chi connectivity index (χ1) is 14.3. The number of hydrogen-bond donors (Lipinski definition) is 1. The van der Waals surface area contributed by atoms with E-state index >= 15 is 0 Å². The van der Waals surface area contributed by atoms with Crippen LogP contribution in [0.4, 0.5) is 0 Å². The van der Waals surface area contributed by atoms with Gasteiger partial charge in [-0.2, -0.15) is 4.98 Å². The zero-order valence-electron chi connectivity index (χ0n) is 18.1. The number of benzene rings is 1. The summed E-state index contributed by atoms with van der Waals surface area (Å²) in [5, 5.41) is 7.20. The molecule has 3 atom stereocenters. The average molecular weight is 411 g/mol. The summed E-state index contributed by atoms with van der Waals surface area (Å²) < 4.78 is 5.59. The highest BCUT2D eigenvalue weighted by Crippen LogP contribution is 2.50. The van der Waals surface area contributed by atoms with Crippen LogP contribution in [0, 0.1) is 25.7 Å². The van der Waals surface area contributed by atoms with Crippen LogP contribution in [-0.4, -0.2) is 46.0 Å². The maximum absolute atomic E-state index is 12.7. The van der Waals surface area contributed by atoms with Crippen molar-refractivity contribution in [1.82, 2.24) is 20.4 Å². The van der Waals surface area contributed by atoms with Crippen LogP contribution in [0.15, 0.2) is 28.8 Å². The second kappa shape index (κ2) is 7.85. The fourth-order valence-electron chi connectivity index (χ4n) is 5.01. The van der Waals surface area contributed by atoms with Gasteiger partial charge in [-0.3, -0.25) is 9.59 Å². The van der Waals surface area contributed by atoms with E-state index in [2.05, 4.69) is 15.5 Å². The van der Waals surface area contributed by atoms with Crippen molar-refractivity contribution >= 4 is 11.8 Å². The molecule has 2 amide bonds. The molecular weight excluding hydrogens is 380 g/mol. The lowest BCUT2D eigenvalue weighted by Gasteiger charge is -2.26. The smallest absolute Gasteiger partial charge is 0.235 e. The Morgan fingerprint density at radius 3 is 2.63 bits per heavy atom.